The zero-order chi connectivity index (χ0) is 14.0. The third kappa shape index (κ3) is 3.86. The van der Waals surface area contributed by atoms with E-state index in [4.69, 9.17) is 33.7 Å². The van der Waals surface area contributed by atoms with Crippen LogP contribution < -0.4 is 10.5 Å². The fourth-order valence-corrected chi connectivity index (χ4v) is 3.54. The molecular formula is C13H12BrCl2NOS. The predicted molar refractivity (Wildman–Crippen MR) is 85.5 cm³/mol. The van der Waals surface area contributed by atoms with E-state index in [2.05, 4.69) is 15.9 Å². The van der Waals surface area contributed by atoms with Gasteiger partial charge in [0.2, 0.25) is 0 Å². The molecule has 19 heavy (non-hydrogen) atoms. The van der Waals surface area contributed by atoms with Crippen molar-refractivity contribution in [3.63, 3.8) is 0 Å². The number of benzene rings is 1. The molecule has 0 radical (unpaired) electrons. The molecule has 0 aliphatic rings. The van der Waals surface area contributed by atoms with Gasteiger partial charge in [0.1, 0.15) is 11.9 Å². The first-order valence-corrected chi connectivity index (χ1v) is 7.96. The average Bonchev–Trinajstić information content (AvgIpc) is 2.74. The fraction of sp³-hybridized carbons (Fsp3) is 0.231. The summed E-state index contributed by atoms with van der Waals surface area (Å²) < 4.78 is 7.55. The van der Waals surface area contributed by atoms with Gasteiger partial charge >= 0.3 is 0 Å². The first kappa shape index (κ1) is 15.1. The Bertz CT molecular complexity index is 574. The summed E-state index contributed by atoms with van der Waals surface area (Å²) in [6.07, 6.45) is -0.267. The lowest BCUT2D eigenvalue weighted by atomic mass is 10.1. The highest BCUT2D eigenvalue weighted by atomic mass is 79.9. The molecule has 0 saturated heterocycles. The van der Waals surface area contributed by atoms with E-state index in [0.29, 0.717) is 15.1 Å². The van der Waals surface area contributed by atoms with Crippen molar-refractivity contribution in [1.29, 1.82) is 0 Å². The standard InChI is InChI=1S/C13H12BrCl2NOS/c1-7(17)13(11-4-5-12(16)19-11)18-10-3-2-8(14)6-9(10)15/h2-7,13H,17H2,1H3. The molecule has 2 N–H and O–H groups in total. The number of hydrogen-bond donors (Lipinski definition) is 1. The molecule has 102 valence electrons. The van der Waals surface area contributed by atoms with E-state index in [9.17, 15) is 0 Å². The Labute approximate surface area is 134 Å². The Kier molecular flexibility index (Phi) is 5.15. The van der Waals surface area contributed by atoms with Gasteiger partial charge in [-0.3, -0.25) is 0 Å². The number of rotatable bonds is 4. The normalized spacial score (nSPS) is 14.2. The predicted octanol–water partition coefficient (Wildman–Crippen LogP) is 5.28. The van der Waals surface area contributed by atoms with Gasteiger partial charge in [0.05, 0.1) is 9.36 Å². The zero-order valence-corrected chi connectivity index (χ0v) is 14.0. The van der Waals surface area contributed by atoms with Crippen LogP contribution in [0.1, 0.15) is 17.9 Å². The molecule has 0 fully saturated rings. The van der Waals surface area contributed by atoms with Crippen LogP contribution in [-0.2, 0) is 0 Å². The highest BCUT2D eigenvalue weighted by molar-refractivity contribution is 9.10. The monoisotopic (exact) mass is 379 g/mol. The number of hydrogen-bond acceptors (Lipinski definition) is 3. The summed E-state index contributed by atoms with van der Waals surface area (Å²) in [6.45, 7) is 1.89. The molecule has 0 aliphatic carbocycles. The Hall–Kier alpha value is -0.260. The summed E-state index contributed by atoms with van der Waals surface area (Å²) in [6, 6.07) is 9.07. The third-order valence-electron chi connectivity index (χ3n) is 2.50. The SMILES string of the molecule is CC(N)C(Oc1ccc(Br)cc1Cl)c1ccc(Cl)s1. The highest BCUT2D eigenvalue weighted by Crippen LogP contribution is 2.35. The van der Waals surface area contributed by atoms with Gasteiger partial charge in [0.25, 0.3) is 0 Å². The Morgan fingerprint density at radius 1 is 1.26 bits per heavy atom. The van der Waals surface area contributed by atoms with E-state index in [1.54, 1.807) is 6.07 Å². The van der Waals surface area contributed by atoms with Gasteiger partial charge in [-0.05, 0) is 37.3 Å². The maximum atomic E-state index is 6.15. The molecule has 2 aromatic rings. The van der Waals surface area contributed by atoms with Gasteiger partial charge in [0, 0.05) is 15.4 Å². The molecule has 1 aromatic heterocycles. The van der Waals surface area contributed by atoms with Crippen LogP contribution in [-0.4, -0.2) is 6.04 Å². The van der Waals surface area contributed by atoms with Crippen LogP contribution in [0.4, 0.5) is 0 Å². The van der Waals surface area contributed by atoms with Crippen LogP contribution in [0.15, 0.2) is 34.8 Å². The quantitative estimate of drug-likeness (QED) is 0.782. The molecule has 2 unspecified atom stereocenters. The van der Waals surface area contributed by atoms with E-state index in [0.717, 1.165) is 9.35 Å². The number of halogens is 3. The molecule has 6 heteroatoms. The zero-order valence-electron chi connectivity index (χ0n) is 10.1. The van der Waals surface area contributed by atoms with Crippen LogP contribution in [0.2, 0.25) is 9.36 Å². The maximum absolute atomic E-state index is 6.15. The minimum Gasteiger partial charge on any atom is -0.482 e. The molecule has 1 aromatic carbocycles. The van der Waals surface area contributed by atoms with Crippen molar-refractivity contribution in [1.82, 2.24) is 0 Å². The lowest BCUT2D eigenvalue weighted by molar-refractivity contribution is 0.184. The fourth-order valence-electron chi connectivity index (χ4n) is 1.61. The number of ether oxygens (including phenoxy) is 1. The second-order valence-electron chi connectivity index (χ2n) is 4.11. The topological polar surface area (TPSA) is 35.2 Å². The van der Waals surface area contributed by atoms with E-state index in [-0.39, 0.29) is 12.1 Å². The summed E-state index contributed by atoms with van der Waals surface area (Å²) >= 11 is 16.9. The van der Waals surface area contributed by atoms with Crippen LogP contribution >= 0.6 is 50.5 Å². The summed E-state index contributed by atoms with van der Waals surface area (Å²) in [5.74, 6) is 0.608. The van der Waals surface area contributed by atoms with Gasteiger partial charge in [-0.1, -0.05) is 39.1 Å². The van der Waals surface area contributed by atoms with Gasteiger partial charge < -0.3 is 10.5 Å². The first-order chi connectivity index (χ1) is 8.97. The molecule has 1 heterocycles. The van der Waals surface area contributed by atoms with Crippen molar-refractivity contribution in [2.45, 2.75) is 19.1 Å². The van der Waals surface area contributed by atoms with Gasteiger partial charge in [-0.25, -0.2) is 0 Å². The Morgan fingerprint density at radius 3 is 2.53 bits per heavy atom. The highest BCUT2D eigenvalue weighted by Gasteiger charge is 2.21. The maximum Gasteiger partial charge on any atom is 0.148 e. The first-order valence-electron chi connectivity index (χ1n) is 5.60. The second kappa shape index (κ2) is 6.46. The van der Waals surface area contributed by atoms with E-state index in [1.807, 2.05) is 31.2 Å². The third-order valence-corrected chi connectivity index (χ3v) is 4.58. The summed E-state index contributed by atoms with van der Waals surface area (Å²) in [7, 11) is 0. The van der Waals surface area contributed by atoms with Crippen molar-refractivity contribution in [2.24, 2.45) is 5.73 Å². The lowest BCUT2D eigenvalue weighted by Gasteiger charge is -2.22. The molecule has 0 aliphatic heterocycles. The number of nitrogens with two attached hydrogens (primary N) is 1. The second-order valence-corrected chi connectivity index (χ2v) is 7.18. The van der Waals surface area contributed by atoms with Crippen LogP contribution in [0.25, 0.3) is 0 Å². The van der Waals surface area contributed by atoms with Crippen molar-refractivity contribution >= 4 is 50.5 Å². The molecule has 0 spiro atoms. The lowest BCUT2D eigenvalue weighted by Crippen LogP contribution is -2.28. The van der Waals surface area contributed by atoms with Crippen LogP contribution in [0, 0.1) is 0 Å². The summed E-state index contributed by atoms with van der Waals surface area (Å²) in [5.41, 5.74) is 5.99. The van der Waals surface area contributed by atoms with E-state index < -0.39 is 0 Å². The molecule has 2 rings (SSSR count). The van der Waals surface area contributed by atoms with Crippen LogP contribution in [0.3, 0.4) is 0 Å². The molecule has 0 saturated carbocycles. The van der Waals surface area contributed by atoms with Crippen molar-refractivity contribution in [3.05, 3.63) is 49.0 Å². The summed E-state index contributed by atoms with van der Waals surface area (Å²) in [5, 5.41) is 0.544. The molecule has 0 bridgehead atoms. The molecule has 2 atom stereocenters. The Morgan fingerprint density at radius 2 is 2.00 bits per heavy atom. The van der Waals surface area contributed by atoms with Crippen molar-refractivity contribution < 1.29 is 4.74 Å². The van der Waals surface area contributed by atoms with E-state index in [1.165, 1.54) is 11.3 Å². The average molecular weight is 381 g/mol. The Balaban J connectivity index is 2.26. The minimum absolute atomic E-state index is 0.172. The van der Waals surface area contributed by atoms with Crippen LogP contribution in [0.5, 0.6) is 5.75 Å². The van der Waals surface area contributed by atoms with Crippen molar-refractivity contribution in [2.75, 3.05) is 0 Å². The smallest absolute Gasteiger partial charge is 0.148 e. The molecule has 0 amide bonds. The van der Waals surface area contributed by atoms with E-state index >= 15 is 0 Å². The molecule has 2 nitrogen and oxygen atoms in total. The largest absolute Gasteiger partial charge is 0.482 e. The van der Waals surface area contributed by atoms with Gasteiger partial charge in [-0.15, -0.1) is 11.3 Å². The molecular weight excluding hydrogens is 369 g/mol. The van der Waals surface area contributed by atoms with Gasteiger partial charge in [0.15, 0.2) is 0 Å². The summed E-state index contributed by atoms with van der Waals surface area (Å²) in [4.78, 5) is 0.985. The van der Waals surface area contributed by atoms with Crippen molar-refractivity contribution in [3.8, 4) is 5.75 Å². The number of thiophene rings is 1. The van der Waals surface area contributed by atoms with Gasteiger partial charge in [-0.2, -0.15) is 0 Å². The minimum atomic E-state index is -0.267.